The summed E-state index contributed by atoms with van der Waals surface area (Å²) in [4.78, 5) is 11.2. The van der Waals surface area contributed by atoms with Crippen LogP contribution in [0.2, 0.25) is 0 Å². The molecular weight excluding hydrogens is 238 g/mol. The van der Waals surface area contributed by atoms with Gasteiger partial charge in [-0.3, -0.25) is 4.79 Å². The fraction of sp³-hybridized carbons (Fsp3) is 0.667. The smallest absolute Gasteiger partial charge is 0.219 e. The van der Waals surface area contributed by atoms with Crippen LogP contribution in [0.1, 0.15) is 51.1 Å². The number of nitrogens with zero attached hydrogens (tertiary/aromatic N) is 1. The third-order valence-corrected chi connectivity index (χ3v) is 3.30. The van der Waals surface area contributed by atoms with E-state index in [1.807, 2.05) is 0 Å². The highest BCUT2D eigenvalue weighted by Gasteiger charge is 2.10. The molecule has 0 aliphatic rings. The normalized spacial score (nSPS) is 12.4. The molecule has 0 fully saturated rings. The molecule has 0 bridgehead atoms. The SMILES string of the molecule is CCCC(NCC)c1ccn(CCCC(=O)NC)c1. The summed E-state index contributed by atoms with van der Waals surface area (Å²) in [5.74, 6) is 0.115. The van der Waals surface area contributed by atoms with Crippen molar-refractivity contribution in [1.82, 2.24) is 15.2 Å². The van der Waals surface area contributed by atoms with Gasteiger partial charge in [0.1, 0.15) is 0 Å². The number of hydrogen-bond donors (Lipinski definition) is 2. The van der Waals surface area contributed by atoms with E-state index in [0.717, 1.165) is 25.9 Å². The average Bonchev–Trinajstić information content (AvgIpc) is 2.87. The van der Waals surface area contributed by atoms with Crippen LogP contribution in [-0.4, -0.2) is 24.1 Å². The first-order valence-corrected chi connectivity index (χ1v) is 7.30. The molecule has 1 aromatic rings. The Morgan fingerprint density at radius 2 is 2.21 bits per heavy atom. The van der Waals surface area contributed by atoms with E-state index in [4.69, 9.17) is 0 Å². The highest BCUT2D eigenvalue weighted by molar-refractivity contribution is 5.75. The first kappa shape index (κ1) is 15.8. The number of amides is 1. The third kappa shape index (κ3) is 5.47. The van der Waals surface area contributed by atoms with Gasteiger partial charge in [-0.05, 0) is 31.0 Å². The lowest BCUT2D eigenvalue weighted by Gasteiger charge is -2.15. The molecule has 0 aromatic carbocycles. The van der Waals surface area contributed by atoms with E-state index < -0.39 is 0 Å². The highest BCUT2D eigenvalue weighted by atomic mass is 16.1. The summed E-state index contributed by atoms with van der Waals surface area (Å²) in [6.45, 7) is 6.25. The van der Waals surface area contributed by atoms with Crippen molar-refractivity contribution in [3.05, 3.63) is 24.0 Å². The Morgan fingerprint density at radius 1 is 1.42 bits per heavy atom. The number of aryl methyl sites for hydroxylation is 1. The fourth-order valence-corrected chi connectivity index (χ4v) is 2.27. The van der Waals surface area contributed by atoms with Crippen LogP contribution in [-0.2, 0) is 11.3 Å². The molecule has 0 saturated carbocycles. The van der Waals surface area contributed by atoms with E-state index in [1.54, 1.807) is 7.05 Å². The van der Waals surface area contributed by atoms with Crippen molar-refractivity contribution in [2.24, 2.45) is 0 Å². The van der Waals surface area contributed by atoms with Gasteiger partial charge in [-0.15, -0.1) is 0 Å². The predicted octanol–water partition coefficient (Wildman–Crippen LogP) is 2.46. The summed E-state index contributed by atoms with van der Waals surface area (Å²) < 4.78 is 2.18. The fourth-order valence-electron chi connectivity index (χ4n) is 2.27. The summed E-state index contributed by atoms with van der Waals surface area (Å²) in [5.41, 5.74) is 1.35. The molecule has 0 radical (unpaired) electrons. The molecule has 2 N–H and O–H groups in total. The molecule has 0 aliphatic heterocycles. The van der Waals surface area contributed by atoms with Gasteiger partial charge in [-0.25, -0.2) is 0 Å². The van der Waals surface area contributed by atoms with Crippen LogP contribution in [0.15, 0.2) is 18.5 Å². The van der Waals surface area contributed by atoms with Gasteiger partial charge in [0.2, 0.25) is 5.91 Å². The van der Waals surface area contributed by atoms with Crippen molar-refractivity contribution in [2.75, 3.05) is 13.6 Å². The van der Waals surface area contributed by atoms with Gasteiger partial charge >= 0.3 is 0 Å². The first-order chi connectivity index (χ1) is 9.21. The summed E-state index contributed by atoms with van der Waals surface area (Å²) in [6.07, 6.45) is 8.13. The number of carbonyl (C=O) groups excluding carboxylic acids is 1. The van der Waals surface area contributed by atoms with Crippen molar-refractivity contribution >= 4 is 5.91 Å². The Hall–Kier alpha value is -1.29. The molecule has 1 heterocycles. The molecule has 4 heteroatoms. The van der Waals surface area contributed by atoms with Crippen molar-refractivity contribution in [2.45, 2.75) is 52.1 Å². The molecule has 1 amide bonds. The Bertz CT molecular complexity index is 367. The van der Waals surface area contributed by atoms with Gasteiger partial charge in [0.05, 0.1) is 0 Å². The molecular formula is C15H27N3O. The molecule has 108 valence electrons. The maximum atomic E-state index is 11.2. The predicted molar refractivity (Wildman–Crippen MR) is 79.1 cm³/mol. The lowest BCUT2D eigenvalue weighted by Crippen LogP contribution is -2.20. The van der Waals surface area contributed by atoms with Crippen molar-refractivity contribution in [3.8, 4) is 0 Å². The summed E-state index contributed by atoms with van der Waals surface area (Å²) >= 11 is 0. The zero-order valence-corrected chi connectivity index (χ0v) is 12.4. The second-order valence-electron chi connectivity index (χ2n) is 4.86. The minimum atomic E-state index is 0.115. The minimum absolute atomic E-state index is 0.115. The molecule has 1 aromatic heterocycles. The average molecular weight is 265 g/mol. The Labute approximate surface area is 116 Å². The second kappa shape index (κ2) is 8.75. The van der Waals surface area contributed by atoms with Crippen LogP contribution < -0.4 is 10.6 Å². The quantitative estimate of drug-likeness (QED) is 0.720. The van der Waals surface area contributed by atoms with E-state index in [0.29, 0.717) is 12.5 Å². The Balaban J connectivity index is 2.48. The lowest BCUT2D eigenvalue weighted by atomic mass is 10.1. The Kier molecular flexibility index (Phi) is 7.26. The second-order valence-corrected chi connectivity index (χ2v) is 4.86. The molecule has 0 spiro atoms. The molecule has 1 unspecified atom stereocenters. The highest BCUT2D eigenvalue weighted by Crippen LogP contribution is 2.19. The van der Waals surface area contributed by atoms with Crippen molar-refractivity contribution < 1.29 is 4.79 Å². The van der Waals surface area contributed by atoms with Gasteiger partial charge in [0.25, 0.3) is 0 Å². The lowest BCUT2D eigenvalue weighted by molar-refractivity contribution is -0.120. The number of rotatable bonds is 9. The maximum absolute atomic E-state index is 11.2. The van der Waals surface area contributed by atoms with Crippen LogP contribution in [0.3, 0.4) is 0 Å². The number of aromatic nitrogens is 1. The topological polar surface area (TPSA) is 46.1 Å². The number of nitrogens with one attached hydrogen (secondary N) is 2. The van der Waals surface area contributed by atoms with E-state index in [9.17, 15) is 4.79 Å². The van der Waals surface area contributed by atoms with Gasteiger partial charge in [-0.2, -0.15) is 0 Å². The molecule has 4 nitrogen and oxygen atoms in total. The first-order valence-electron chi connectivity index (χ1n) is 7.30. The molecule has 0 saturated heterocycles. The maximum Gasteiger partial charge on any atom is 0.219 e. The zero-order valence-electron chi connectivity index (χ0n) is 12.4. The van der Waals surface area contributed by atoms with Crippen LogP contribution >= 0.6 is 0 Å². The van der Waals surface area contributed by atoms with Crippen LogP contribution in [0.4, 0.5) is 0 Å². The van der Waals surface area contributed by atoms with Gasteiger partial charge < -0.3 is 15.2 Å². The summed E-state index contributed by atoms with van der Waals surface area (Å²) in [6, 6.07) is 2.64. The van der Waals surface area contributed by atoms with Gasteiger partial charge in [0, 0.05) is 38.4 Å². The van der Waals surface area contributed by atoms with Crippen LogP contribution in [0.25, 0.3) is 0 Å². The van der Waals surface area contributed by atoms with E-state index in [2.05, 4.69) is 47.5 Å². The third-order valence-electron chi connectivity index (χ3n) is 3.30. The van der Waals surface area contributed by atoms with Crippen LogP contribution in [0.5, 0.6) is 0 Å². The largest absolute Gasteiger partial charge is 0.359 e. The molecule has 19 heavy (non-hydrogen) atoms. The number of hydrogen-bond acceptors (Lipinski definition) is 2. The minimum Gasteiger partial charge on any atom is -0.359 e. The summed E-state index contributed by atoms with van der Waals surface area (Å²) in [5, 5.41) is 6.17. The molecule has 0 aliphatic carbocycles. The van der Waals surface area contributed by atoms with E-state index in [-0.39, 0.29) is 5.91 Å². The zero-order chi connectivity index (χ0) is 14.1. The monoisotopic (exact) mass is 265 g/mol. The van der Waals surface area contributed by atoms with Crippen molar-refractivity contribution in [1.29, 1.82) is 0 Å². The van der Waals surface area contributed by atoms with Crippen molar-refractivity contribution in [3.63, 3.8) is 0 Å². The van der Waals surface area contributed by atoms with E-state index in [1.165, 1.54) is 12.0 Å². The van der Waals surface area contributed by atoms with E-state index >= 15 is 0 Å². The van der Waals surface area contributed by atoms with Gasteiger partial charge in [-0.1, -0.05) is 20.3 Å². The summed E-state index contributed by atoms with van der Waals surface area (Å²) in [7, 11) is 1.68. The number of carbonyl (C=O) groups is 1. The molecule has 1 atom stereocenters. The molecule has 1 rings (SSSR count). The van der Waals surface area contributed by atoms with Gasteiger partial charge in [0.15, 0.2) is 0 Å². The van der Waals surface area contributed by atoms with Crippen LogP contribution in [0, 0.1) is 0 Å². The standard InChI is InChI=1S/C15H27N3O/c1-4-7-14(17-5-2)13-9-11-18(12-13)10-6-8-15(19)16-3/h9,11-12,14,17H,4-8,10H2,1-3H3,(H,16,19). The Morgan fingerprint density at radius 3 is 2.84 bits per heavy atom.